The molecule has 1 fully saturated rings. The number of fused-ring (bicyclic) bond motifs is 1. The molecule has 3 heterocycles. The summed E-state index contributed by atoms with van der Waals surface area (Å²) < 4.78 is 8.36. The van der Waals surface area contributed by atoms with Crippen LogP contribution in [0.3, 0.4) is 0 Å². The molecule has 0 saturated carbocycles. The molecule has 0 unspecified atom stereocenters. The van der Waals surface area contributed by atoms with E-state index in [1.165, 1.54) is 0 Å². The van der Waals surface area contributed by atoms with Gasteiger partial charge in [-0.25, -0.2) is 0 Å². The zero-order chi connectivity index (χ0) is 15.6. The number of carbonyl (C=O) groups excluding carboxylic acids is 1. The van der Waals surface area contributed by atoms with E-state index >= 15 is 0 Å². The van der Waals surface area contributed by atoms with Gasteiger partial charge < -0.3 is 9.80 Å². The molecule has 4 rings (SSSR count). The molecule has 0 radical (unpaired) electrons. The molecule has 7 nitrogen and oxygen atoms in total. The van der Waals surface area contributed by atoms with Crippen LogP contribution in [0.2, 0.25) is 0 Å². The van der Waals surface area contributed by atoms with Crippen molar-refractivity contribution in [2.24, 2.45) is 0 Å². The van der Waals surface area contributed by atoms with Gasteiger partial charge in [-0.3, -0.25) is 4.79 Å². The number of carbonyl (C=O) groups is 1. The van der Waals surface area contributed by atoms with E-state index in [1.807, 2.05) is 35.2 Å². The molecule has 116 valence electrons. The van der Waals surface area contributed by atoms with Crippen LogP contribution in [-0.2, 0) is 0 Å². The first-order valence-corrected chi connectivity index (χ1v) is 8.08. The highest BCUT2D eigenvalue weighted by Crippen LogP contribution is 2.17. The Morgan fingerprint density at radius 1 is 1.04 bits per heavy atom. The minimum atomic E-state index is 0.0405. The lowest BCUT2D eigenvalue weighted by Crippen LogP contribution is -2.49. The van der Waals surface area contributed by atoms with Crippen LogP contribution in [0.1, 0.15) is 10.4 Å². The van der Waals surface area contributed by atoms with Crippen molar-refractivity contribution in [3.05, 3.63) is 42.1 Å². The van der Waals surface area contributed by atoms with Gasteiger partial charge in [0.15, 0.2) is 5.82 Å². The number of nitrogens with zero attached hydrogens (tertiary/aromatic N) is 6. The van der Waals surface area contributed by atoms with Gasteiger partial charge in [-0.05, 0) is 30.3 Å². The number of amides is 1. The first kappa shape index (κ1) is 14.0. The second-order valence-electron chi connectivity index (χ2n) is 5.33. The van der Waals surface area contributed by atoms with E-state index in [-0.39, 0.29) is 5.91 Å². The lowest BCUT2D eigenvalue weighted by Gasteiger charge is -2.35. The smallest absolute Gasteiger partial charge is 0.254 e. The summed E-state index contributed by atoms with van der Waals surface area (Å²) in [4.78, 5) is 16.7. The monoisotopic (exact) mass is 326 g/mol. The second kappa shape index (κ2) is 5.88. The fraction of sp³-hybridized carbons (Fsp3) is 0.267. The summed E-state index contributed by atoms with van der Waals surface area (Å²) in [5, 5.41) is 8.02. The molecule has 0 atom stereocenters. The Balaban J connectivity index is 1.46. The lowest BCUT2D eigenvalue weighted by molar-refractivity contribution is 0.0746. The van der Waals surface area contributed by atoms with Gasteiger partial charge in [-0.1, -0.05) is 0 Å². The van der Waals surface area contributed by atoms with Crippen molar-refractivity contribution in [3.63, 3.8) is 0 Å². The van der Waals surface area contributed by atoms with Crippen molar-refractivity contribution >= 4 is 34.5 Å². The number of benzene rings is 1. The van der Waals surface area contributed by atoms with E-state index in [1.54, 1.807) is 6.20 Å². The number of hydrogen-bond donors (Lipinski definition) is 0. The predicted molar refractivity (Wildman–Crippen MR) is 87.6 cm³/mol. The van der Waals surface area contributed by atoms with Crippen LogP contribution < -0.4 is 4.90 Å². The second-order valence-corrected chi connectivity index (χ2v) is 5.86. The maximum absolute atomic E-state index is 12.6. The highest BCUT2D eigenvalue weighted by molar-refractivity contribution is 7.00. The van der Waals surface area contributed by atoms with Gasteiger partial charge in [-0.2, -0.15) is 13.8 Å². The van der Waals surface area contributed by atoms with Crippen molar-refractivity contribution in [2.45, 2.75) is 0 Å². The summed E-state index contributed by atoms with van der Waals surface area (Å²) in [5.74, 6) is 0.897. The normalized spacial score (nSPS) is 15.1. The molecule has 0 spiro atoms. The molecule has 2 aromatic heterocycles. The molecular formula is C15H14N6OS. The molecule has 1 saturated heterocycles. The average Bonchev–Trinajstić information content (AvgIpc) is 3.10. The van der Waals surface area contributed by atoms with Crippen LogP contribution in [0.25, 0.3) is 11.0 Å². The third-order valence-corrected chi connectivity index (χ3v) is 4.51. The summed E-state index contributed by atoms with van der Waals surface area (Å²) in [7, 11) is 0. The zero-order valence-electron chi connectivity index (χ0n) is 12.3. The van der Waals surface area contributed by atoms with Gasteiger partial charge in [-0.15, -0.1) is 5.10 Å². The van der Waals surface area contributed by atoms with Crippen molar-refractivity contribution in [1.82, 2.24) is 23.8 Å². The average molecular weight is 326 g/mol. The Bertz CT molecular complexity index is 828. The Labute approximate surface area is 136 Å². The Morgan fingerprint density at radius 2 is 1.87 bits per heavy atom. The minimum absolute atomic E-state index is 0.0405. The molecule has 3 aromatic rings. The van der Waals surface area contributed by atoms with Crippen LogP contribution in [0, 0.1) is 0 Å². The van der Waals surface area contributed by atoms with Gasteiger partial charge in [0.1, 0.15) is 11.0 Å². The fourth-order valence-electron chi connectivity index (χ4n) is 2.70. The number of rotatable bonds is 2. The lowest BCUT2D eigenvalue weighted by atomic mass is 10.1. The van der Waals surface area contributed by atoms with Gasteiger partial charge in [0, 0.05) is 37.9 Å². The first-order chi connectivity index (χ1) is 11.3. The summed E-state index contributed by atoms with van der Waals surface area (Å²) >= 11 is 1.16. The summed E-state index contributed by atoms with van der Waals surface area (Å²) in [6, 6.07) is 9.30. The zero-order valence-corrected chi connectivity index (χ0v) is 13.1. The van der Waals surface area contributed by atoms with Gasteiger partial charge >= 0.3 is 0 Å². The van der Waals surface area contributed by atoms with Gasteiger partial charge in [0.05, 0.1) is 11.7 Å². The van der Waals surface area contributed by atoms with Gasteiger partial charge in [0.25, 0.3) is 5.91 Å². The molecule has 0 aliphatic carbocycles. The third-order valence-electron chi connectivity index (χ3n) is 3.95. The predicted octanol–water partition coefficient (Wildman–Crippen LogP) is 1.44. The number of hydrogen-bond acceptors (Lipinski definition) is 7. The maximum atomic E-state index is 12.6. The fourth-order valence-corrected chi connectivity index (χ4v) is 3.22. The third kappa shape index (κ3) is 2.72. The van der Waals surface area contributed by atoms with Crippen LogP contribution in [0.4, 0.5) is 5.82 Å². The largest absolute Gasteiger partial charge is 0.352 e. The Hall–Kier alpha value is -2.61. The highest BCUT2D eigenvalue weighted by atomic mass is 32.1. The number of piperazine rings is 1. The van der Waals surface area contributed by atoms with E-state index in [0.717, 1.165) is 41.7 Å². The molecule has 1 aromatic carbocycles. The molecule has 1 aliphatic rings. The quantitative estimate of drug-likeness (QED) is 0.709. The van der Waals surface area contributed by atoms with Gasteiger partial charge in [0.2, 0.25) is 0 Å². The molecule has 8 heteroatoms. The molecule has 0 bridgehead atoms. The maximum Gasteiger partial charge on any atom is 0.254 e. The highest BCUT2D eigenvalue weighted by Gasteiger charge is 2.23. The van der Waals surface area contributed by atoms with Crippen molar-refractivity contribution < 1.29 is 4.79 Å². The summed E-state index contributed by atoms with van der Waals surface area (Å²) in [6.07, 6.45) is 1.66. The van der Waals surface area contributed by atoms with E-state index in [2.05, 4.69) is 23.8 Å². The molecule has 1 amide bonds. The van der Waals surface area contributed by atoms with Crippen molar-refractivity contribution in [2.75, 3.05) is 31.1 Å². The standard InChI is InChI=1S/C15H14N6OS/c22-15(11-3-4-12-13(10-11)19-23-18-12)21-8-6-20(7-9-21)14-2-1-5-16-17-14/h1-5,10H,6-9H2. The molecule has 1 aliphatic heterocycles. The van der Waals surface area contributed by atoms with Crippen LogP contribution >= 0.6 is 11.7 Å². The first-order valence-electron chi connectivity index (χ1n) is 7.35. The number of anilines is 1. The summed E-state index contributed by atoms with van der Waals surface area (Å²) in [5.41, 5.74) is 2.27. The van der Waals surface area contributed by atoms with Crippen molar-refractivity contribution in [1.29, 1.82) is 0 Å². The van der Waals surface area contributed by atoms with Crippen LogP contribution in [0.5, 0.6) is 0 Å². The van der Waals surface area contributed by atoms with E-state index in [4.69, 9.17) is 0 Å². The van der Waals surface area contributed by atoms with Crippen LogP contribution in [0.15, 0.2) is 36.5 Å². The van der Waals surface area contributed by atoms with E-state index in [9.17, 15) is 4.79 Å². The molecule has 23 heavy (non-hydrogen) atoms. The van der Waals surface area contributed by atoms with E-state index < -0.39 is 0 Å². The topological polar surface area (TPSA) is 75.1 Å². The molecule has 0 N–H and O–H groups in total. The van der Waals surface area contributed by atoms with Crippen molar-refractivity contribution in [3.8, 4) is 0 Å². The Kier molecular flexibility index (Phi) is 3.58. The number of aromatic nitrogens is 4. The molecular weight excluding hydrogens is 312 g/mol. The minimum Gasteiger partial charge on any atom is -0.352 e. The Morgan fingerprint density at radius 3 is 2.65 bits per heavy atom. The van der Waals surface area contributed by atoms with Crippen LogP contribution in [-0.4, -0.2) is 55.9 Å². The SMILES string of the molecule is O=C(c1ccc2nsnc2c1)N1CCN(c2cccnn2)CC1. The summed E-state index contributed by atoms with van der Waals surface area (Å²) in [6.45, 7) is 2.85. The van der Waals surface area contributed by atoms with E-state index in [0.29, 0.717) is 18.7 Å².